The van der Waals surface area contributed by atoms with E-state index < -0.39 is 0 Å². The summed E-state index contributed by atoms with van der Waals surface area (Å²) in [5.41, 5.74) is 2.86. The van der Waals surface area contributed by atoms with E-state index in [0.717, 1.165) is 39.1 Å². The summed E-state index contributed by atoms with van der Waals surface area (Å²) >= 11 is 0. The lowest BCUT2D eigenvalue weighted by atomic mass is 10.2. The maximum absolute atomic E-state index is 5.58. The monoisotopic (exact) mass is 233 g/mol. The fraction of sp³-hybridized carbons (Fsp3) is 0.571. The zero-order chi connectivity index (χ0) is 11.5. The van der Waals surface area contributed by atoms with E-state index in [1.807, 2.05) is 0 Å². The van der Waals surface area contributed by atoms with E-state index in [2.05, 4.69) is 29.2 Å². The number of hydrogen-bond acceptors (Lipinski definition) is 3. The zero-order valence-corrected chi connectivity index (χ0v) is 10.1. The molecule has 17 heavy (non-hydrogen) atoms. The van der Waals surface area contributed by atoms with Crippen LogP contribution in [0.1, 0.15) is 18.4 Å². The van der Waals surface area contributed by atoms with Gasteiger partial charge in [0.2, 0.25) is 0 Å². The Morgan fingerprint density at radius 1 is 1.18 bits per heavy atom. The van der Waals surface area contributed by atoms with Gasteiger partial charge >= 0.3 is 0 Å². The van der Waals surface area contributed by atoms with Crippen molar-refractivity contribution in [1.29, 1.82) is 0 Å². The molecule has 3 nitrogen and oxygen atoms in total. The molecule has 1 aromatic carbocycles. The number of ether oxygens (including phenoxy) is 2. The molecule has 0 unspecified atom stereocenters. The Morgan fingerprint density at radius 2 is 2.00 bits per heavy atom. The molecule has 0 bridgehead atoms. The Bertz CT molecular complexity index is 374. The highest BCUT2D eigenvalue weighted by atomic mass is 16.7. The average molecular weight is 233 g/mol. The second kappa shape index (κ2) is 5.07. The van der Waals surface area contributed by atoms with Gasteiger partial charge in [0.1, 0.15) is 0 Å². The van der Waals surface area contributed by atoms with Crippen molar-refractivity contribution < 1.29 is 9.47 Å². The van der Waals surface area contributed by atoms with Crippen LogP contribution in [0.3, 0.4) is 0 Å². The highest BCUT2D eigenvalue weighted by molar-refractivity contribution is 5.57. The third-order valence-corrected chi connectivity index (χ3v) is 3.51. The van der Waals surface area contributed by atoms with Crippen LogP contribution in [0.2, 0.25) is 0 Å². The number of hydrogen-bond donors (Lipinski definition) is 0. The topological polar surface area (TPSA) is 21.7 Å². The Kier molecular flexibility index (Phi) is 3.29. The third kappa shape index (κ3) is 2.45. The normalized spacial score (nSPS) is 20.6. The van der Waals surface area contributed by atoms with E-state index in [1.165, 1.54) is 17.7 Å². The summed E-state index contributed by atoms with van der Waals surface area (Å²) in [6, 6.07) is 8.67. The molecule has 2 aliphatic heterocycles. The fourth-order valence-electron chi connectivity index (χ4n) is 2.60. The van der Waals surface area contributed by atoms with Gasteiger partial charge in [0.15, 0.2) is 6.29 Å². The van der Waals surface area contributed by atoms with Crippen LogP contribution in [0.4, 0.5) is 5.69 Å². The van der Waals surface area contributed by atoms with Gasteiger partial charge in [-0.05, 0) is 24.5 Å². The molecule has 1 saturated heterocycles. The predicted octanol–water partition coefficient (Wildman–Crippen LogP) is 2.20. The van der Waals surface area contributed by atoms with Crippen LogP contribution >= 0.6 is 0 Å². The average Bonchev–Trinajstić information content (AvgIpc) is 2.81. The van der Waals surface area contributed by atoms with Gasteiger partial charge in [0.05, 0.1) is 13.2 Å². The van der Waals surface area contributed by atoms with Gasteiger partial charge in [-0.1, -0.05) is 18.2 Å². The molecule has 0 saturated carbocycles. The highest BCUT2D eigenvalue weighted by Crippen LogP contribution is 2.27. The summed E-state index contributed by atoms with van der Waals surface area (Å²) in [4.78, 5) is 2.44. The van der Waals surface area contributed by atoms with Crippen molar-refractivity contribution in [3.8, 4) is 0 Å². The first kappa shape index (κ1) is 11.1. The first-order valence-corrected chi connectivity index (χ1v) is 6.49. The molecule has 0 aliphatic carbocycles. The molecular weight excluding hydrogens is 214 g/mol. The Hall–Kier alpha value is -1.06. The lowest BCUT2D eigenvalue weighted by Gasteiger charge is -2.26. The molecule has 0 atom stereocenters. The van der Waals surface area contributed by atoms with Gasteiger partial charge in [0, 0.05) is 25.2 Å². The molecule has 92 valence electrons. The summed E-state index contributed by atoms with van der Waals surface area (Å²) < 4.78 is 11.2. The Labute approximate surface area is 102 Å². The molecule has 0 aromatic heterocycles. The van der Waals surface area contributed by atoms with Crippen molar-refractivity contribution in [3.63, 3.8) is 0 Å². The van der Waals surface area contributed by atoms with E-state index in [9.17, 15) is 0 Å². The van der Waals surface area contributed by atoms with Crippen LogP contribution in [0.25, 0.3) is 0 Å². The second-order valence-electron chi connectivity index (χ2n) is 4.68. The third-order valence-electron chi connectivity index (χ3n) is 3.51. The summed E-state index contributed by atoms with van der Waals surface area (Å²) in [6.07, 6.45) is 3.18. The lowest BCUT2D eigenvalue weighted by Crippen LogP contribution is -2.31. The standard InChI is InChI=1S/C14H19NO2/c1-2-5-13-12(4-1)6-8-15(13)9-7-14-16-10-3-11-17-14/h1-2,4-5,14H,3,6-11H2. The van der Waals surface area contributed by atoms with Crippen LogP contribution in [-0.2, 0) is 15.9 Å². The minimum absolute atomic E-state index is 0.0107. The van der Waals surface area contributed by atoms with E-state index >= 15 is 0 Å². The highest BCUT2D eigenvalue weighted by Gasteiger charge is 2.20. The SMILES string of the molecule is c1ccc2c(c1)CCN2CCC1OCCCO1. The number of para-hydroxylation sites is 1. The van der Waals surface area contributed by atoms with Crippen molar-refractivity contribution in [1.82, 2.24) is 0 Å². The quantitative estimate of drug-likeness (QED) is 0.799. The maximum atomic E-state index is 5.58. The van der Waals surface area contributed by atoms with E-state index in [-0.39, 0.29) is 6.29 Å². The van der Waals surface area contributed by atoms with Gasteiger partial charge in [-0.25, -0.2) is 0 Å². The van der Waals surface area contributed by atoms with Gasteiger partial charge in [0.25, 0.3) is 0 Å². The summed E-state index contributed by atoms with van der Waals surface area (Å²) in [6.45, 7) is 3.86. The number of anilines is 1. The summed E-state index contributed by atoms with van der Waals surface area (Å²) in [5, 5.41) is 0. The Morgan fingerprint density at radius 3 is 2.88 bits per heavy atom. The molecule has 0 amide bonds. The predicted molar refractivity (Wildman–Crippen MR) is 67.3 cm³/mol. The van der Waals surface area contributed by atoms with E-state index in [1.54, 1.807) is 0 Å². The molecule has 0 radical (unpaired) electrons. The lowest BCUT2D eigenvalue weighted by molar-refractivity contribution is -0.179. The number of fused-ring (bicyclic) bond motifs is 1. The second-order valence-corrected chi connectivity index (χ2v) is 4.68. The molecule has 3 rings (SSSR count). The van der Waals surface area contributed by atoms with Crippen molar-refractivity contribution in [2.45, 2.75) is 25.6 Å². The van der Waals surface area contributed by atoms with E-state index in [4.69, 9.17) is 9.47 Å². The smallest absolute Gasteiger partial charge is 0.159 e. The molecule has 0 spiro atoms. The van der Waals surface area contributed by atoms with Crippen molar-refractivity contribution >= 4 is 5.69 Å². The van der Waals surface area contributed by atoms with Gasteiger partial charge in [-0.3, -0.25) is 0 Å². The first-order chi connectivity index (χ1) is 8.43. The first-order valence-electron chi connectivity index (χ1n) is 6.49. The minimum Gasteiger partial charge on any atom is -0.371 e. The molecule has 2 heterocycles. The Balaban J connectivity index is 1.56. The molecular formula is C14H19NO2. The maximum Gasteiger partial charge on any atom is 0.159 e. The zero-order valence-electron chi connectivity index (χ0n) is 10.1. The van der Waals surface area contributed by atoms with Crippen LogP contribution in [0.5, 0.6) is 0 Å². The molecule has 2 aliphatic rings. The van der Waals surface area contributed by atoms with E-state index in [0.29, 0.717) is 0 Å². The van der Waals surface area contributed by atoms with Gasteiger partial charge in [-0.2, -0.15) is 0 Å². The van der Waals surface area contributed by atoms with Crippen molar-refractivity contribution in [3.05, 3.63) is 29.8 Å². The number of rotatable bonds is 3. The molecule has 1 fully saturated rings. The largest absolute Gasteiger partial charge is 0.371 e. The fourth-order valence-corrected chi connectivity index (χ4v) is 2.60. The summed E-state index contributed by atoms with van der Waals surface area (Å²) in [7, 11) is 0. The number of nitrogens with zero attached hydrogens (tertiary/aromatic N) is 1. The van der Waals surface area contributed by atoms with Gasteiger partial charge in [-0.15, -0.1) is 0 Å². The summed E-state index contributed by atoms with van der Waals surface area (Å²) in [5.74, 6) is 0. The van der Waals surface area contributed by atoms with Gasteiger partial charge < -0.3 is 14.4 Å². The molecule has 0 N–H and O–H groups in total. The minimum atomic E-state index is 0.0107. The van der Waals surface area contributed by atoms with Crippen LogP contribution in [-0.4, -0.2) is 32.6 Å². The molecule has 3 heteroatoms. The number of benzene rings is 1. The molecule has 1 aromatic rings. The van der Waals surface area contributed by atoms with Crippen LogP contribution in [0, 0.1) is 0 Å². The van der Waals surface area contributed by atoms with Crippen molar-refractivity contribution in [2.24, 2.45) is 0 Å². The van der Waals surface area contributed by atoms with Crippen LogP contribution in [0.15, 0.2) is 24.3 Å². The van der Waals surface area contributed by atoms with Crippen LogP contribution < -0.4 is 4.90 Å². The van der Waals surface area contributed by atoms with Crippen molar-refractivity contribution in [2.75, 3.05) is 31.2 Å².